The highest BCUT2D eigenvalue weighted by Crippen LogP contribution is 2.33. The van der Waals surface area contributed by atoms with Crippen LogP contribution >= 0.6 is 11.3 Å². The fraction of sp³-hybridized carbons (Fsp3) is 0.462. The van der Waals surface area contributed by atoms with Gasteiger partial charge in [-0.15, -0.1) is 11.3 Å². The molecule has 1 aromatic heterocycles. The van der Waals surface area contributed by atoms with Crippen LogP contribution in [0.25, 0.3) is 10.2 Å². The molecule has 1 aromatic carbocycles. The number of thiazole rings is 1. The lowest BCUT2D eigenvalue weighted by Crippen LogP contribution is -2.44. The summed E-state index contributed by atoms with van der Waals surface area (Å²) in [5, 5.41) is 4.63. The Morgan fingerprint density at radius 3 is 2.94 bits per heavy atom. The first-order chi connectivity index (χ1) is 7.74. The number of nitrogens with zero attached hydrogens (tertiary/aromatic N) is 1. The van der Waals surface area contributed by atoms with E-state index in [0.717, 1.165) is 19.0 Å². The third kappa shape index (κ3) is 1.64. The van der Waals surface area contributed by atoms with E-state index in [4.69, 9.17) is 4.98 Å². The molecular weight excluding hydrogens is 216 g/mol. The molecule has 1 aliphatic heterocycles. The van der Waals surface area contributed by atoms with Gasteiger partial charge < -0.3 is 5.32 Å². The lowest BCUT2D eigenvalue weighted by atomic mass is 9.89. The van der Waals surface area contributed by atoms with Crippen molar-refractivity contribution < 1.29 is 0 Å². The van der Waals surface area contributed by atoms with Crippen molar-refractivity contribution in [2.75, 3.05) is 13.1 Å². The van der Waals surface area contributed by atoms with Crippen LogP contribution in [0.3, 0.4) is 0 Å². The number of fused-ring (bicyclic) bond motifs is 1. The molecule has 3 heteroatoms. The quantitative estimate of drug-likeness (QED) is 0.861. The Hall–Kier alpha value is -0.930. The number of hydrogen-bond donors (Lipinski definition) is 1. The smallest absolute Gasteiger partial charge is 0.0970 e. The molecule has 1 saturated heterocycles. The van der Waals surface area contributed by atoms with Crippen LogP contribution in [0.5, 0.6) is 0 Å². The van der Waals surface area contributed by atoms with E-state index in [9.17, 15) is 0 Å². The summed E-state index contributed by atoms with van der Waals surface area (Å²) in [7, 11) is 0. The molecule has 2 nitrogen and oxygen atoms in total. The number of aromatic nitrogens is 1. The van der Waals surface area contributed by atoms with Gasteiger partial charge in [0.1, 0.15) is 0 Å². The molecule has 0 radical (unpaired) electrons. The van der Waals surface area contributed by atoms with E-state index in [1.165, 1.54) is 20.8 Å². The number of nitrogens with one attached hydrogen (secondary N) is 1. The van der Waals surface area contributed by atoms with Crippen LogP contribution in [0.2, 0.25) is 0 Å². The van der Waals surface area contributed by atoms with E-state index in [-0.39, 0.29) is 0 Å². The lowest BCUT2D eigenvalue weighted by molar-refractivity contribution is 0.303. The molecule has 0 aliphatic carbocycles. The summed E-state index contributed by atoms with van der Waals surface area (Å²) in [4.78, 5) is 4.77. The second kappa shape index (κ2) is 3.82. The van der Waals surface area contributed by atoms with E-state index >= 15 is 0 Å². The van der Waals surface area contributed by atoms with Crippen molar-refractivity contribution in [3.05, 3.63) is 28.8 Å². The molecular formula is C13H16N2S. The third-order valence-corrected chi connectivity index (χ3v) is 4.71. The fourth-order valence-electron chi connectivity index (χ4n) is 2.12. The van der Waals surface area contributed by atoms with Gasteiger partial charge in [0.15, 0.2) is 0 Å². The second-order valence-electron chi connectivity index (χ2n) is 4.73. The molecule has 1 fully saturated rings. The second-order valence-corrected chi connectivity index (χ2v) is 5.79. The van der Waals surface area contributed by atoms with Crippen LogP contribution in [0.1, 0.15) is 23.4 Å². The average molecular weight is 232 g/mol. The van der Waals surface area contributed by atoms with Crippen LogP contribution < -0.4 is 5.32 Å². The lowest BCUT2D eigenvalue weighted by Gasteiger charge is -2.31. The molecule has 2 aromatic rings. The van der Waals surface area contributed by atoms with Gasteiger partial charge in [-0.05, 0) is 43.6 Å². The Bertz CT molecular complexity index is 514. The highest BCUT2D eigenvalue weighted by Gasteiger charge is 2.26. The van der Waals surface area contributed by atoms with Gasteiger partial charge in [0.05, 0.1) is 15.2 Å². The van der Waals surface area contributed by atoms with Gasteiger partial charge in [0.2, 0.25) is 0 Å². The molecule has 1 N–H and O–H groups in total. The summed E-state index contributed by atoms with van der Waals surface area (Å²) in [5.74, 6) is 1.38. The van der Waals surface area contributed by atoms with Gasteiger partial charge in [-0.2, -0.15) is 0 Å². The molecule has 0 spiro atoms. The van der Waals surface area contributed by atoms with Gasteiger partial charge >= 0.3 is 0 Å². The van der Waals surface area contributed by atoms with Gasteiger partial charge in [0, 0.05) is 5.92 Å². The Kier molecular flexibility index (Phi) is 2.45. The SMILES string of the molecule is Cc1ccc2sc(C(C)C3CNC3)nc2c1. The standard InChI is InChI=1S/C13H16N2S/c1-8-3-4-12-11(5-8)15-13(16-12)9(2)10-6-14-7-10/h3-5,9-10,14H,6-7H2,1-2H3. The Morgan fingerprint density at radius 1 is 1.44 bits per heavy atom. The van der Waals surface area contributed by atoms with Crippen molar-refractivity contribution in [2.45, 2.75) is 19.8 Å². The summed E-state index contributed by atoms with van der Waals surface area (Å²) < 4.78 is 1.32. The van der Waals surface area contributed by atoms with Gasteiger partial charge in [-0.1, -0.05) is 13.0 Å². The number of benzene rings is 1. The number of hydrogen-bond acceptors (Lipinski definition) is 3. The van der Waals surface area contributed by atoms with Crippen molar-refractivity contribution in [2.24, 2.45) is 5.92 Å². The summed E-state index contributed by atoms with van der Waals surface area (Å²) in [6.45, 7) is 6.72. The molecule has 1 aliphatic rings. The maximum atomic E-state index is 4.77. The van der Waals surface area contributed by atoms with Crippen molar-refractivity contribution in [1.29, 1.82) is 0 Å². The predicted octanol–water partition coefficient (Wildman–Crippen LogP) is 2.93. The van der Waals surface area contributed by atoms with E-state index in [1.54, 1.807) is 0 Å². The molecule has 3 rings (SSSR count). The summed E-state index contributed by atoms with van der Waals surface area (Å²) in [6, 6.07) is 6.54. The normalized spacial score (nSPS) is 18.6. The molecule has 0 saturated carbocycles. The first kappa shape index (κ1) is 10.2. The zero-order valence-electron chi connectivity index (χ0n) is 9.66. The minimum absolute atomic E-state index is 0.596. The molecule has 0 amide bonds. The monoisotopic (exact) mass is 232 g/mol. The Labute approximate surface area is 99.7 Å². The van der Waals surface area contributed by atoms with Crippen LogP contribution in [0.4, 0.5) is 0 Å². The fourth-order valence-corrected chi connectivity index (χ4v) is 3.21. The molecule has 2 heterocycles. The van der Waals surface area contributed by atoms with Gasteiger partial charge in [0.25, 0.3) is 0 Å². The predicted molar refractivity (Wildman–Crippen MR) is 69.1 cm³/mol. The van der Waals surface area contributed by atoms with Crippen molar-refractivity contribution >= 4 is 21.6 Å². The molecule has 84 valence electrons. The average Bonchev–Trinajstić information content (AvgIpc) is 2.57. The van der Waals surface area contributed by atoms with Crippen LogP contribution in [0, 0.1) is 12.8 Å². The van der Waals surface area contributed by atoms with Gasteiger partial charge in [-0.3, -0.25) is 0 Å². The largest absolute Gasteiger partial charge is 0.316 e. The maximum absolute atomic E-state index is 4.77. The summed E-state index contributed by atoms with van der Waals surface area (Å²) >= 11 is 1.85. The summed E-state index contributed by atoms with van der Waals surface area (Å²) in [6.07, 6.45) is 0. The first-order valence-electron chi connectivity index (χ1n) is 5.82. The summed E-state index contributed by atoms with van der Waals surface area (Å²) in [5.41, 5.74) is 2.46. The Morgan fingerprint density at radius 2 is 2.25 bits per heavy atom. The zero-order chi connectivity index (χ0) is 11.1. The highest BCUT2D eigenvalue weighted by atomic mass is 32.1. The Balaban J connectivity index is 1.97. The van der Waals surface area contributed by atoms with Crippen LogP contribution in [0.15, 0.2) is 18.2 Å². The van der Waals surface area contributed by atoms with Crippen molar-refractivity contribution in [3.63, 3.8) is 0 Å². The molecule has 1 atom stereocenters. The van der Waals surface area contributed by atoms with Crippen molar-refractivity contribution in [1.82, 2.24) is 10.3 Å². The maximum Gasteiger partial charge on any atom is 0.0970 e. The van der Waals surface area contributed by atoms with E-state index in [2.05, 4.69) is 37.4 Å². The molecule has 16 heavy (non-hydrogen) atoms. The topological polar surface area (TPSA) is 24.9 Å². The third-order valence-electron chi connectivity index (χ3n) is 3.47. The number of rotatable bonds is 2. The van der Waals surface area contributed by atoms with E-state index in [1.807, 2.05) is 11.3 Å². The van der Waals surface area contributed by atoms with E-state index < -0.39 is 0 Å². The molecule has 0 bridgehead atoms. The van der Waals surface area contributed by atoms with Crippen LogP contribution in [-0.2, 0) is 0 Å². The first-order valence-corrected chi connectivity index (χ1v) is 6.63. The van der Waals surface area contributed by atoms with E-state index in [0.29, 0.717) is 5.92 Å². The van der Waals surface area contributed by atoms with Gasteiger partial charge in [-0.25, -0.2) is 4.98 Å². The molecule has 1 unspecified atom stereocenters. The van der Waals surface area contributed by atoms with Crippen molar-refractivity contribution in [3.8, 4) is 0 Å². The van der Waals surface area contributed by atoms with Crippen LogP contribution in [-0.4, -0.2) is 18.1 Å². The minimum Gasteiger partial charge on any atom is -0.316 e. The number of aryl methyl sites for hydroxylation is 1. The highest BCUT2D eigenvalue weighted by molar-refractivity contribution is 7.18. The minimum atomic E-state index is 0.596. The zero-order valence-corrected chi connectivity index (χ0v) is 10.5.